The highest BCUT2D eigenvalue weighted by molar-refractivity contribution is 5.76. The summed E-state index contributed by atoms with van der Waals surface area (Å²) in [6, 6.07) is 10.4. The smallest absolute Gasteiger partial charge is 0.161 e. The average molecular weight is 293 g/mol. The van der Waals surface area contributed by atoms with E-state index in [0.717, 1.165) is 35.8 Å². The Morgan fingerprint density at radius 1 is 1.09 bits per heavy atom. The van der Waals surface area contributed by atoms with Crippen molar-refractivity contribution in [1.82, 2.24) is 24.8 Å². The zero-order chi connectivity index (χ0) is 14.8. The zero-order valence-electron chi connectivity index (χ0n) is 12.4. The number of aromatic nitrogens is 4. The molecule has 112 valence electrons. The second-order valence-electron chi connectivity index (χ2n) is 5.75. The van der Waals surface area contributed by atoms with Crippen LogP contribution in [0, 0.1) is 0 Å². The number of piperidine rings is 1. The monoisotopic (exact) mass is 293 g/mol. The summed E-state index contributed by atoms with van der Waals surface area (Å²) in [5.41, 5.74) is 2.77. The van der Waals surface area contributed by atoms with Gasteiger partial charge >= 0.3 is 0 Å². The fraction of sp³-hybridized carbons (Fsp3) is 0.353. The van der Waals surface area contributed by atoms with Crippen molar-refractivity contribution >= 4 is 11.2 Å². The van der Waals surface area contributed by atoms with E-state index in [4.69, 9.17) is 4.98 Å². The van der Waals surface area contributed by atoms with Crippen LogP contribution in [0.2, 0.25) is 0 Å². The van der Waals surface area contributed by atoms with Crippen molar-refractivity contribution in [2.24, 2.45) is 0 Å². The van der Waals surface area contributed by atoms with Gasteiger partial charge in [-0.15, -0.1) is 0 Å². The Labute approximate surface area is 129 Å². The third-order valence-electron chi connectivity index (χ3n) is 4.21. The third kappa shape index (κ3) is 2.48. The zero-order valence-corrected chi connectivity index (χ0v) is 12.4. The lowest BCUT2D eigenvalue weighted by Gasteiger charge is -2.24. The number of rotatable bonds is 3. The first-order chi connectivity index (χ1) is 10.9. The topological polar surface area (TPSA) is 55.6 Å². The van der Waals surface area contributed by atoms with Gasteiger partial charge in [0.1, 0.15) is 11.2 Å². The number of fused-ring (bicyclic) bond motifs is 1. The molecule has 0 radical (unpaired) electrons. The van der Waals surface area contributed by atoms with Crippen molar-refractivity contribution in [2.75, 3.05) is 6.54 Å². The van der Waals surface area contributed by atoms with Crippen LogP contribution in [0.1, 0.15) is 19.3 Å². The van der Waals surface area contributed by atoms with E-state index in [1.165, 1.54) is 19.3 Å². The minimum Gasteiger partial charge on any atom is -0.312 e. The van der Waals surface area contributed by atoms with E-state index in [1.54, 1.807) is 0 Å². The molecule has 0 aromatic carbocycles. The van der Waals surface area contributed by atoms with E-state index in [2.05, 4.69) is 19.9 Å². The van der Waals surface area contributed by atoms with Crippen LogP contribution in [-0.2, 0) is 6.54 Å². The normalized spacial score (nSPS) is 18.6. The summed E-state index contributed by atoms with van der Waals surface area (Å²) < 4.78 is 2.21. The molecule has 0 aliphatic carbocycles. The largest absolute Gasteiger partial charge is 0.312 e. The van der Waals surface area contributed by atoms with Crippen molar-refractivity contribution in [3.05, 3.63) is 42.7 Å². The Kier molecular flexibility index (Phi) is 3.56. The van der Waals surface area contributed by atoms with Gasteiger partial charge in [0.2, 0.25) is 0 Å². The van der Waals surface area contributed by atoms with Gasteiger partial charge in [-0.3, -0.25) is 4.98 Å². The summed E-state index contributed by atoms with van der Waals surface area (Å²) in [4.78, 5) is 13.8. The highest BCUT2D eigenvalue weighted by Gasteiger charge is 2.19. The summed E-state index contributed by atoms with van der Waals surface area (Å²) in [6.07, 6.45) is 7.40. The number of imidazole rings is 1. The molecule has 5 heteroatoms. The van der Waals surface area contributed by atoms with Crippen molar-refractivity contribution in [3.8, 4) is 11.5 Å². The number of nitrogens with one attached hydrogen (secondary N) is 1. The van der Waals surface area contributed by atoms with Gasteiger partial charge in [-0.05, 0) is 43.7 Å². The van der Waals surface area contributed by atoms with Crippen LogP contribution < -0.4 is 5.32 Å². The summed E-state index contributed by atoms with van der Waals surface area (Å²) >= 11 is 0. The van der Waals surface area contributed by atoms with E-state index in [1.807, 2.05) is 42.7 Å². The van der Waals surface area contributed by atoms with Crippen molar-refractivity contribution in [1.29, 1.82) is 0 Å². The van der Waals surface area contributed by atoms with Crippen LogP contribution in [0.4, 0.5) is 0 Å². The summed E-state index contributed by atoms with van der Waals surface area (Å²) in [7, 11) is 0. The first kappa shape index (κ1) is 13.4. The second kappa shape index (κ2) is 5.85. The van der Waals surface area contributed by atoms with Crippen LogP contribution in [0.5, 0.6) is 0 Å². The van der Waals surface area contributed by atoms with Crippen molar-refractivity contribution < 1.29 is 0 Å². The second-order valence-corrected chi connectivity index (χ2v) is 5.75. The molecule has 0 amide bonds. The van der Waals surface area contributed by atoms with Crippen LogP contribution in [0.25, 0.3) is 22.7 Å². The van der Waals surface area contributed by atoms with Gasteiger partial charge in [-0.1, -0.05) is 12.5 Å². The Balaban J connectivity index is 1.79. The van der Waals surface area contributed by atoms with Gasteiger partial charge in [-0.25, -0.2) is 9.97 Å². The molecule has 1 saturated heterocycles. The Hall–Kier alpha value is -2.27. The van der Waals surface area contributed by atoms with Gasteiger partial charge < -0.3 is 9.88 Å². The molecular formula is C17H19N5. The Morgan fingerprint density at radius 2 is 2.05 bits per heavy atom. The molecule has 0 saturated carbocycles. The molecule has 1 N–H and O–H groups in total. The Bertz CT molecular complexity index is 759. The molecule has 22 heavy (non-hydrogen) atoms. The predicted molar refractivity (Wildman–Crippen MR) is 86.4 cm³/mol. The first-order valence-electron chi connectivity index (χ1n) is 7.88. The molecular weight excluding hydrogens is 274 g/mol. The van der Waals surface area contributed by atoms with E-state index in [-0.39, 0.29) is 0 Å². The van der Waals surface area contributed by atoms with Crippen LogP contribution in [0.3, 0.4) is 0 Å². The summed E-state index contributed by atoms with van der Waals surface area (Å²) in [5.74, 6) is 0.904. The molecule has 4 rings (SSSR count). The molecule has 1 unspecified atom stereocenters. The molecule has 4 heterocycles. The molecule has 1 fully saturated rings. The van der Waals surface area contributed by atoms with Gasteiger partial charge in [0.15, 0.2) is 11.5 Å². The summed E-state index contributed by atoms with van der Waals surface area (Å²) in [6.45, 7) is 1.99. The first-order valence-corrected chi connectivity index (χ1v) is 7.88. The fourth-order valence-electron chi connectivity index (χ4n) is 3.12. The highest BCUT2D eigenvalue weighted by Crippen LogP contribution is 2.23. The molecule has 3 aromatic rings. The molecule has 0 bridgehead atoms. The van der Waals surface area contributed by atoms with Crippen LogP contribution in [-0.4, -0.2) is 32.1 Å². The lowest BCUT2D eigenvalue weighted by atomic mass is 10.1. The van der Waals surface area contributed by atoms with E-state index in [0.29, 0.717) is 6.04 Å². The van der Waals surface area contributed by atoms with Gasteiger partial charge in [-0.2, -0.15) is 0 Å². The fourth-order valence-corrected chi connectivity index (χ4v) is 3.12. The minimum absolute atomic E-state index is 0.482. The van der Waals surface area contributed by atoms with Crippen LogP contribution in [0.15, 0.2) is 42.7 Å². The molecule has 0 spiro atoms. The minimum atomic E-state index is 0.482. The van der Waals surface area contributed by atoms with Crippen molar-refractivity contribution in [2.45, 2.75) is 31.8 Å². The van der Waals surface area contributed by atoms with E-state index < -0.39 is 0 Å². The molecule has 1 atom stereocenters. The standard InChI is InChI=1S/C17H19N5/c1-3-9-18-13(6-1)12-22-16-15(8-5-11-20-16)21-17(22)14-7-2-4-10-19-14/h2,4-5,7-8,10-11,13,18H,1,3,6,9,12H2. The number of hydrogen-bond acceptors (Lipinski definition) is 4. The Morgan fingerprint density at radius 3 is 2.86 bits per heavy atom. The van der Waals surface area contributed by atoms with E-state index >= 15 is 0 Å². The number of hydrogen-bond donors (Lipinski definition) is 1. The summed E-state index contributed by atoms with van der Waals surface area (Å²) in [5, 5.41) is 3.60. The van der Waals surface area contributed by atoms with Crippen molar-refractivity contribution in [3.63, 3.8) is 0 Å². The SMILES string of the molecule is c1ccc(-c2nc3cccnc3n2CC2CCCCN2)nc1. The lowest BCUT2D eigenvalue weighted by molar-refractivity contribution is 0.366. The maximum atomic E-state index is 4.76. The van der Waals surface area contributed by atoms with Gasteiger partial charge in [0.05, 0.1) is 0 Å². The maximum absolute atomic E-state index is 4.76. The van der Waals surface area contributed by atoms with Crippen LogP contribution >= 0.6 is 0 Å². The highest BCUT2D eigenvalue weighted by atomic mass is 15.2. The van der Waals surface area contributed by atoms with E-state index in [9.17, 15) is 0 Å². The van der Waals surface area contributed by atoms with Gasteiger partial charge in [0, 0.05) is 25.0 Å². The molecule has 5 nitrogen and oxygen atoms in total. The number of nitrogens with zero attached hydrogens (tertiary/aromatic N) is 4. The van der Waals surface area contributed by atoms with Gasteiger partial charge in [0.25, 0.3) is 0 Å². The lowest BCUT2D eigenvalue weighted by Crippen LogP contribution is -2.37. The molecule has 1 aliphatic heterocycles. The maximum Gasteiger partial charge on any atom is 0.161 e. The molecule has 1 aliphatic rings. The number of pyridine rings is 2. The third-order valence-corrected chi connectivity index (χ3v) is 4.21. The quantitative estimate of drug-likeness (QED) is 0.806. The predicted octanol–water partition coefficient (Wildman–Crippen LogP) is 2.64. The molecule has 3 aromatic heterocycles. The average Bonchev–Trinajstić information content (AvgIpc) is 2.95.